The normalized spacial score (nSPS) is 16.1. The van der Waals surface area contributed by atoms with E-state index in [-0.39, 0.29) is 45.1 Å². The van der Waals surface area contributed by atoms with Gasteiger partial charge >= 0.3 is 0 Å². The number of nitrogens with one attached hydrogen (secondary N) is 7. The number of unbranched alkanes of at least 4 members (excludes halogenated alkanes) is 1. The average Bonchev–Trinajstić information content (AvgIpc) is 4.13. The summed E-state index contributed by atoms with van der Waals surface area (Å²) in [5.41, 5.74) is 22.3. The zero-order valence-electron chi connectivity index (χ0n) is 35.9. The quantitative estimate of drug-likeness (QED) is 0.0437. The third kappa shape index (κ3) is 11.6. The lowest BCUT2D eigenvalue weighted by Gasteiger charge is -2.30. The van der Waals surface area contributed by atoms with E-state index in [1.807, 2.05) is 78.9 Å². The monoisotopic (exact) mass is 884 g/mol. The van der Waals surface area contributed by atoms with Gasteiger partial charge in [-0.25, -0.2) is 4.98 Å². The molecule has 0 unspecified atom stereocenters. The number of benzene rings is 3. The van der Waals surface area contributed by atoms with Crippen LogP contribution in [0.2, 0.25) is 0 Å². The molecule has 1 fully saturated rings. The molecule has 0 radical (unpaired) electrons. The van der Waals surface area contributed by atoms with Crippen LogP contribution >= 0.6 is 0 Å². The highest BCUT2D eigenvalue weighted by Crippen LogP contribution is 2.25. The van der Waals surface area contributed by atoms with Gasteiger partial charge in [-0.15, -0.1) is 0 Å². The van der Waals surface area contributed by atoms with E-state index in [4.69, 9.17) is 17.2 Å². The van der Waals surface area contributed by atoms with Crippen LogP contribution in [0, 0.1) is 0 Å². The third-order valence-corrected chi connectivity index (χ3v) is 11.9. The lowest BCUT2D eigenvalue weighted by molar-refractivity contribution is -0.139. The number of likely N-dealkylation sites (tertiary alicyclic amines) is 1. The van der Waals surface area contributed by atoms with Crippen LogP contribution < -0.4 is 38.5 Å². The molecule has 6 aromatic rings. The van der Waals surface area contributed by atoms with Gasteiger partial charge in [0.15, 0.2) is 0 Å². The predicted octanol–water partition coefficient (Wildman–Crippen LogP) is 1.12. The zero-order valence-corrected chi connectivity index (χ0v) is 35.9. The first kappa shape index (κ1) is 45.7. The Hall–Kier alpha value is -7.31. The van der Waals surface area contributed by atoms with Crippen LogP contribution in [0.3, 0.4) is 0 Å². The highest BCUT2D eigenvalue weighted by atomic mass is 16.2. The van der Waals surface area contributed by atoms with Crippen LogP contribution in [-0.2, 0) is 54.5 Å². The Bertz CT molecular complexity index is 2590. The number of H-pyrrole nitrogens is 3. The summed E-state index contributed by atoms with van der Waals surface area (Å²) < 4.78 is 0. The van der Waals surface area contributed by atoms with Gasteiger partial charge < -0.3 is 58.3 Å². The summed E-state index contributed by atoms with van der Waals surface area (Å²) >= 11 is 0. The van der Waals surface area contributed by atoms with Crippen molar-refractivity contribution in [1.29, 1.82) is 0 Å². The third-order valence-electron chi connectivity index (χ3n) is 11.9. The van der Waals surface area contributed by atoms with Crippen molar-refractivity contribution in [3.8, 4) is 0 Å². The topological polar surface area (TPSA) is 292 Å². The van der Waals surface area contributed by atoms with E-state index < -0.39 is 71.7 Å². The van der Waals surface area contributed by atoms with Gasteiger partial charge in [0.1, 0.15) is 24.2 Å². The molecule has 1 aliphatic rings. The molecule has 0 saturated carbocycles. The Morgan fingerprint density at radius 2 is 1.32 bits per heavy atom. The number of amides is 6. The zero-order chi connectivity index (χ0) is 45.9. The number of hydrogen-bond donors (Lipinski definition) is 10. The number of aromatic nitrogens is 4. The minimum Gasteiger partial charge on any atom is -0.368 e. The molecule has 18 nitrogen and oxygen atoms in total. The minimum atomic E-state index is -1.16. The summed E-state index contributed by atoms with van der Waals surface area (Å²) in [7, 11) is 0. The van der Waals surface area contributed by atoms with Gasteiger partial charge in [0, 0.05) is 84.7 Å². The fourth-order valence-corrected chi connectivity index (χ4v) is 8.40. The number of rotatable bonds is 22. The molecule has 6 amide bonds. The smallest absolute Gasteiger partial charge is 0.243 e. The maximum Gasteiger partial charge on any atom is 0.243 e. The van der Waals surface area contributed by atoms with Crippen LogP contribution in [0.5, 0.6) is 0 Å². The summed E-state index contributed by atoms with van der Waals surface area (Å²) in [6.07, 6.45) is 8.37. The standard InChI is InChI=1S/C47H56N12O6/c48-17-9-8-16-38(43(50)61)56-46(64)39(18-28-10-2-1-3-11-28)58-47(65)41(20-30-24-53-37-15-7-5-13-34(30)37)59-26-32(22-42(59)60)55-45(63)40(19-29-23-52-36-14-6-4-12-33(29)36)57-44(62)35(49)21-31-25-51-27-54-31/h1-7,10-15,23-25,27,32,35,38-41,52-53H,8-9,16-22,26,48-49H2,(H2,50,61)(H,51,54)(H,55,63)(H,56,64)(H,57,62)(H,58,65)/t32-,35-,38-,39+,40+,41-/m0/s1. The molecule has 3 aromatic heterocycles. The number of primary amides is 1. The summed E-state index contributed by atoms with van der Waals surface area (Å²) in [6, 6.07) is 18.2. The molecule has 340 valence electrons. The number of carbonyl (C=O) groups excluding carboxylic acids is 6. The second kappa shape index (κ2) is 21.4. The fourth-order valence-electron chi connectivity index (χ4n) is 8.40. The molecule has 1 saturated heterocycles. The first-order valence-corrected chi connectivity index (χ1v) is 21.8. The van der Waals surface area contributed by atoms with Crippen molar-refractivity contribution >= 4 is 57.2 Å². The first-order valence-electron chi connectivity index (χ1n) is 21.8. The van der Waals surface area contributed by atoms with Crippen molar-refractivity contribution in [1.82, 2.24) is 46.1 Å². The van der Waals surface area contributed by atoms with E-state index in [2.05, 4.69) is 41.2 Å². The lowest BCUT2D eigenvalue weighted by Crippen LogP contribution is -2.58. The largest absolute Gasteiger partial charge is 0.368 e. The van der Waals surface area contributed by atoms with Crippen molar-refractivity contribution in [3.63, 3.8) is 0 Å². The van der Waals surface area contributed by atoms with Crippen LogP contribution in [0.25, 0.3) is 21.8 Å². The van der Waals surface area contributed by atoms with Crippen LogP contribution in [0.4, 0.5) is 0 Å². The number of imidazole rings is 1. The Kier molecular flexibility index (Phi) is 15.0. The van der Waals surface area contributed by atoms with Gasteiger partial charge in [-0.3, -0.25) is 28.8 Å². The Balaban J connectivity index is 1.13. The van der Waals surface area contributed by atoms with Crippen molar-refractivity contribution in [2.24, 2.45) is 17.2 Å². The molecule has 6 atom stereocenters. The van der Waals surface area contributed by atoms with E-state index in [1.54, 1.807) is 18.6 Å². The molecule has 0 aliphatic carbocycles. The molecule has 0 spiro atoms. The van der Waals surface area contributed by atoms with E-state index in [1.165, 1.54) is 11.2 Å². The second-order valence-corrected chi connectivity index (χ2v) is 16.5. The van der Waals surface area contributed by atoms with Crippen LogP contribution in [0.15, 0.2) is 104 Å². The molecule has 1 aliphatic heterocycles. The molecule has 7 rings (SSSR count). The van der Waals surface area contributed by atoms with Crippen molar-refractivity contribution in [3.05, 3.63) is 126 Å². The molecule has 18 heteroatoms. The number of nitrogens with zero attached hydrogens (tertiary/aromatic N) is 2. The number of carbonyl (C=O) groups is 6. The molecular weight excluding hydrogens is 829 g/mol. The van der Waals surface area contributed by atoms with Gasteiger partial charge in [-0.1, -0.05) is 66.7 Å². The molecule has 65 heavy (non-hydrogen) atoms. The van der Waals surface area contributed by atoms with Gasteiger partial charge in [0.25, 0.3) is 0 Å². The SMILES string of the molecule is NCCCC[C@H](NC(=O)[C@@H](Cc1ccccc1)NC(=O)[C@H](Cc1c[nH]c2ccccc12)N1C[C@@H](NC(=O)[C@@H](Cc2c[nH]c3ccccc23)NC(=O)[C@@H](N)Cc2cnc[nH]2)CC1=O)C(N)=O. The second-order valence-electron chi connectivity index (χ2n) is 16.5. The highest BCUT2D eigenvalue weighted by Gasteiger charge is 2.41. The molecule has 4 heterocycles. The van der Waals surface area contributed by atoms with Crippen LogP contribution in [-0.4, -0.2) is 110 Å². The Morgan fingerprint density at radius 3 is 1.97 bits per heavy atom. The van der Waals surface area contributed by atoms with Crippen molar-refractivity contribution < 1.29 is 28.8 Å². The molecule has 3 aromatic carbocycles. The van der Waals surface area contributed by atoms with E-state index in [9.17, 15) is 28.8 Å². The van der Waals surface area contributed by atoms with Gasteiger partial charge in [0.05, 0.1) is 18.4 Å². The van der Waals surface area contributed by atoms with Gasteiger partial charge in [0.2, 0.25) is 35.4 Å². The van der Waals surface area contributed by atoms with Crippen LogP contribution in [0.1, 0.15) is 48.1 Å². The Labute approximate surface area is 375 Å². The molecule has 0 bridgehead atoms. The number of para-hydroxylation sites is 2. The summed E-state index contributed by atoms with van der Waals surface area (Å²) in [6.45, 7) is 0.367. The molecular formula is C47H56N12O6. The number of nitrogens with two attached hydrogens (primary N) is 3. The van der Waals surface area contributed by atoms with Crippen molar-refractivity contribution in [2.75, 3.05) is 13.1 Å². The van der Waals surface area contributed by atoms with E-state index in [0.29, 0.717) is 25.1 Å². The maximum absolute atomic E-state index is 14.7. The lowest BCUT2D eigenvalue weighted by atomic mass is 10.0. The maximum atomic E-state index is 14.7. The van der Waals surface area contributed by atoms with Crippen molar-refractivity contribution in [2.45, 2.75) is 87.6 Å². The number of hydrogen-bond acceptors (Lipinski definition) is 9. The van der Waals surface area contributed by atoms with E-state index in [0.717, 1.165) is 38.5 Å². The van der Waals surface area contributed by atoms with Gasteiger partial charge in [-0.2, -0.15) is 0 Å². The Morgan fingerprint density at radius 1 is 0.708 bits per heavy atom. The van der Waals surface area contributed by atoms with Gasteiger partial charge in [-0.05, 0) is 54.6 Å². The summed E-state index contributed by atoms with van der Waals surface area (Å²) in [5, 5.41) is 13.2. The number of fused-ring (bicyclic) bond motifs is 2. The first-order chi connectivity index (χ1) is 31.5. The minimum absolute atomic E-state index is 0.0431. The summed E-state index contributed by atoms with van der Waals surface area (Å²) in [4.78, 5) is 97.9. The summed E-state index contributed by atoms with van der Waals surface area (Å²) in [5.74, 6) is -3.42. The average molecular weight is 885 g/mol. The highest BCUT2D eigenvalue weighted by molar-refractivity contribution is 5.96. The number of aromatic amines is 3. The fraction of sp³-hybridized carbons (Fsp3) is 0.340. The van der Waals surface area contributed by atoms with E-state index >= 15 is 0 Å². The molecule has 13 N–H and O–H groups in total. The predicted molar refractivity (Wildman–Crippen MR) is 244 cm³/mol.